The summed E-state index contributed by atoms with van der Waals surface area (Å²) in [6.45, 7) is 6.46. The van der Waals surface area contributed by atoms with Gasteiger partial charge in [0.15, 0.2) is 0 Å². The molecule has 1 rings (SSSR count). The van der Waals surface area contributed by atoms with Crippen LogP contribution in [0.4, 0.5) is 0 Å². The van der Waals surface area contributed by atoms with Crippen molar-refractivity contribution < 1.29 is 4.79 Å². The maximum atomic E-state index is 11.8. The summed E-state index contributed by atoms with van der Waals surface area (Å²) in [6, 6.07) is 0. The summed E-state index contributed by atoms with van der Waals surface area (Å²) < 4.78 is 0. The van der Waals surface area contributed by atoms with Gasteiger partial charge in [0.05, 0.1) is 5.54 Å². The molecule has 0 aliphatic heterocycles. The molecule has 5 heteroatoms. The van der Waals surface area contributed by atoms with E-state index >= 15 is 0 Å². The lowest BCUT2D eigenvalue weighted by Crippen LogP contribution is -2.52. The van der Waals surface area contributed by atoms with Crippen LogP contribution in [-0.2, 0) is 17.8 Å². The predicted octanol–water partition coefficient (Wildman–Crippen LogP) is 0.995. The van der Waals surface area contributed by atoms with Crippen LogP contribution >= 0.6 is 0 Å². The zero-order valence-corrected chi connectivity index (χ0v) is 11.8. The van der Waals surface area contributed by atoms with Crippen LogP contribution in [0, 0.1) is 0 Å². The monoisotopic (exact) mass is 250 g/mol. The molecule has 1 heterocycles. The van der Waals surface area contributed by atoms with E-state index in [0.29, 0.717) is 6.54 Å². The molecule has 0 radical (unpaired) electrons. The van der Waals surface area contributed by atoms with Crippen LogP contribution in [0.2, 0.25) is 0 Å². The zero-order chi connectivity index (χ0) is 13.8. The lowest BCUT2D eigenvalue weighted by molar-refractivity contribution is -0.130. The Balaban J connectivity index is 2.74. The molecule has 0 spiro atoms. The zero-order valence-electron chi connectivity index (χ0n) is 11.8. The molecule has 18 heavy (non-hydrogen) atoms. The molecule has 100 valence electrons. The molecule has 0 bridgehead atoms. The number of rotatable bonds is 5. The maximum absolute atomic E-state index is 11.8. The fourth-order valence-corrected chi connectivity index (χ4v) is 1.60. The minimum Gasteiger partial charge on any atom is -0.358 e. The number of carbonyl (C=O) groups is 1. The van der Waals surface area contributed by atoms with Crippen molar-refractivity contribution in [2.24, 2.45) is 0 Å². The molecular weight excluding hydrogens is 228 g/mol. The topological polar surface area (TPSA) is 58.1 Å². The summed E-state index contributed by atoms with van der Waals surface area (Å²) in [7, 11) is 3.57. The van der Waals surface area contributed by atoms with E-state index in [4.69, 9.17) is 0 Å². The minimum absolute atomic E-state index is 0.00361. The van der Waals surface area contributed by atoms with Crippen LogP contribution < -0.4 is 5.32 Å². The Morgan fingerprint density at radius 2 is 1.94 bits per heavy atom. The van der Waals surface area contributed by atoms with Gasteiger partial charge in [-0.2, -0.15) is 0 Å². The van der Waals surface area contributed by atoms with E-state index in [0.717, 1.165) is 17.8 Å². The second kappa shape index (κ2) is 5.91. The first-order valence-electron chi connectivity index (χ1n) is 6.15. The number of likely N-dealkylation sites (N-methyl/N-ethyl adjacent to an activating group) is 2. The smallest absolute Gasteiger partial charge is 0.239 e. The van der Waals surface area contributed by atoms with Gasteiger partial charge in [0.25, 0.3) is 0 Å². The Kier molecular flexibility index (Phi) is 4.78. The summed E-state index contributed by atoms with van der Waals surface area (Å²) in [6.07, 6.45) is 4.48. The first-order chi connectivity index (χ1) is 8.41. The van der Waals surface area contributed by atoms with Crippen LogP contribution in [0.15, 0.2) is 12.4 Å². The summed E-state index contributed by atoms with van der Waals surface area (Å²) >= 11 is 0. The molecule has 0 unspecified atom stereocenters. The minimum atomic E-state index is -0.557. The summed E-state index contributed by atoms with van der Waals surface area (Å²) in [5, 5.41) is 2.68. The van der Waals surface area contributed by atoms with Gasteiger partial charge in [0.2, 0.25) is 5.91 Å². The van der Waals surface area contributed by atoms with E-state index < -0.39 is 5.54 Å². The Morgan fingerprint density at radius 1 is 1.39 bits per heavy atom. The van der Waals surface area contributed by atoms with Crippen molar-refractivity contribution in [2.45, 2.75) is 39.3 Å². The van der Waals surface area contributed by atoms with E-state index in [2.05, 4.69) is 15.3 Å². The highest BCUT2D eigenvalue weighted by molar-refractivity contribution is 5.85. The largest absolute Gasteiger partial charge is 0.358 e. The second-order valence-corrected chi connectivity index (χ2v) is 4.86. The summed E-state index contributed by atoms with van der Waals surface area (Å²) in [4.78, 5) is 22.3. The molecule has 1 aromatic rings. The van der Waals surface area contributed by atoms with Gasteiger partial charge in [-0.25, -0.2) is 9.97 Å². The molecule has 5 nitrogen and oxygen atoms in total. The first-order valence-corrected chi connectivity index (χ1v) is 6.15. The molecule has 0 atom stereocenters. The van der Waals surface area contributed by atoms with Gasteiger partial charge in [-0.15, -0.1) is 0 Å². The molecule has 1 amide bonds. The van der Waals surface area contributed by atoms with Crippen LogP contribution in [0.5, 0.6) is 0 Å². The Bertz CT molecular complexity index is 400. The Labute approximate surface area is 109 Å². The SMILES string of the molecule is CCc1ncc(CN(C)C(C)(C)C(=O)NC)cn1. The average molecular weight is 250 g/mol. The van der Waals surface area contributed by atoms with E-state index in [9.17, 15) is 4.79 Å². The van der Waals surface area contributed by atoms with Crippen LogP contribution in [-0.4, -0.2) is 40.4 Å². The van der Waals surface area contributed by atoms with Gasteiger partial charge >= 0.3 is 0 Å². The first kappa shape index (κ1) is 14.6. The molecule has 0 saturated carbocycles. The number of aromatic nitrogens is 2. The van der Waals surface area contributed by atoms with Gasteiger partial charge in [0.1, 0.15) is 5.82 Å². The lowest BCUT2D eigenvalue weighted by Gasteiger charge is -2.33. The van der Waals surface area contributed by atoms with Gasteiger partial charge in [0, 0.05) is 38.0 Å². The molecular formula is C13H22N4O. The standard InChI is InChI=1S/C13H22N4O/c1-6-11-15-7-10(8-16-11)9-17(5)13(2,3)12(18)14-4/h7-8H,6,9H2,1-5H3,(H,14,18). The number of aryl methyl sites for hydroxylation is 1. The number of hydrogen-bond donors (Lipinski definition) is 1. The number of nitrogens with one attached hydrogen (secondary N) is 1. The molecule has 0 saturated heterocycles. The van der Waals surface area contributed by atoms with Gasteiger partial charge in [-0.05, 0) is 20.9 Å². The second-order valence-electron chi connectivity index (χ2n) is 4.86. The fraction of sp³-hybridized carbons (Fsp3) is 0.615. The molecule has 0 aliphatic rings. The molecule has 1 N–H and O–H groups in total. The van der Waals surface area contributed by atoms with Crippen LogP contribution in [0.3, 0.4) is 0 Å². The fourth-order valence-electron chi connectivity index (χ4n) is 1.60. The highest BCUT2D eigenvalue weighted by Crippen LogP contribution is 2.15. The summed E-state index contributed by atoms with van der Waals surface area (Å²) in [5.41, 5.74) is 0.449. The molecule has 1 aromatic heterocycles. The maximum Gasteiger partial charge on any atom is 0.239 e. The van der Waals surface area contributed by atoms with Gasteiger partial charge < -0.3 is 5.32 Å². The molecule has 0 fully saturated rings. The number of carbonyl (C=O) groups excluding carboxylic acids is 1. The van der Waals surface area contributed by atoms with Crippen molar-refractivity contribution in [1.82, 2.24) is 20.2 Å². The predicted molar refractivity (Wildman–Crippen MR) is 71.0 cm³/mol. The third kappa shape index (κ3) is 3.26. The lowest BCUT2D eigenvalue weighted by atomic mass is 10.0. The number of hydrogen-bond acceptors (Lipinski definition) is 4. The van der Waals surface area contributed by atoms with Gasteiger partial charge in [-0.3, -0.25) is 9.69 Å². The van der Waals surface area contributed by atoms with E-state index in [1.54, 1.807) is 7.05 Å². The van der Waals surface area contributed by atoms with Gasteiger partial charge in [-0.1, -0.05) is 6.92 Å². The third-order valence-electron chi connectivity index (χ3n) is 3.23. The van der Waals surface area contributed by atoms with Crippen molar-refractivity contribution in [3.05, 3.63) is 23.8 Å². The van der Waals surface area contributed by atoms with Crippen molar-refractivity contribution in [3.63, 3.8) is 0 Å². The third-order valence-corrected chi connectivity index (χ3v) is 3.23. The Hall–Kier alpha value is -1.49. The highest BCUT2D eigenvalue weighted by Gasteiger charge is 2.31. The number of amides is 1. The van der Waals surface area contributed by atoms with Crippen molar-refractivity contribution >= 4 is 5.91 Å². The quantitative estimate of drug-likeness (QED) is 0.847. The normalized spacial score (nSPS) is 11.7. The molecule has 0 aliphatic carbocycles. The number of nitrogens with zero attached hydrogens (tertiary/aromatic N) is 3. The summed E-state index contributed by atoms with van der Waals surface area (Å²) in [5.74, 6) is 0.836. The van der Waals surface area contributed by atoms with Crippen LogP contribution in [0.25, 0.3) is 0 Å². The van der Waals surface area contributed by atoms with Crippen molar-refractivity contribution in [1.29, 1.82) is 0 Å². The average Bonchev–Trinajstić information content (AvgIpc) is 2.38. The van der Waals surface area contributed by atoms with Crippen molar-refractivity contribution in [3.8, 4) is 0 Å². The van der Waals surface area contributed by atoms with E-state index in [1.165, 1.54) is 0 Å². The highest BCUT2D eigenvalue weighted by atomic mass is 16.2. The Morgan fingerprint density at radius 3 is 2.39 bits per heavy atom. The molecule has 0 aromatic carbocycles. The van der Waals surface area contributed by atoms with Crippen molar-refractivity contribution in [2.75, 3.05) is 14.1 Å². The van der Waals surface area contributed by atoms with E-state index in [1.807, 2.05) is 45.1 Å². The van der Waals surface area contributed by atoms with E-state index in [-0.39, 0.29) is 5.91 Å². The van der Waals surface area contributed by atoms with Crippen LogP contribution in [0.1, 0.15) is 32.2 Å².